The fraction of sp³-hybridized carbons (Fsp3) is 0.583. The molecule has 0 saturated heterocycles. The molecule has 3 unspecified atom stereocenters. The quantitative estimate of drug-likeness (QED) is 0.792. The largest absolute Gasteiger partial charge is 0.306 e. The van der Waals surface area contributed by atoms with Crippen LogP contribution in [0.1, 0.15) is 37.6 Å². The van der Waals surface area contributed by atoms with Crippen molar-refractivity contribution in [3.8, 4) is 0 Å². The minimum absolute atomic E-state index is 0.379. The molecule has 1 aromatic heterocycles. The Morgan fingerprint density at radius 2 is 2.29 bits per heavy atom. The maximum atomic E-state index is 4.38. The molecule has 2 nitrogen and oxygen atoms in total. The highest BCUT2D eigenvalue weighted by atomic mass is 15.0. The minimum Gasteiger partial charge on any atom is -0.306 e. The molecular weight excluding hydrogens is 172 g/mol. The van der Waals surface area contributed by atoms with Crippen LogP contribution < -0.4 is 5.32 Å². The number of nitrogens with zero attached hydrogens (tertiary/aromatic N) is 1. The monoisotopic (exact) mass is 190 g/mol. The van der Waals surface area contributed by atoms with Crippen molar-refractivity contribution < 1.29 is 0 Å². The van der Waals surface area contributed by atoms with Crippen LogP contribution in [-0.2, 0) is 0 Å². The van der Waals surface area contributed by atoms with Gasteiger partial charge in [0, 0.05) is 18.3 Å². The van der Waals surface area contributed by atoms with Gasteiger partial charge < -0.3 is 5.32 Å². The molecule has 0 bridgehead atoms. The number of rotatable bonds is 3. The van der Waals surface area contributed by atoms with E-state index in [-0.39, 0.29) is 0 Å². The topological polar surface area (TPSA) is 24.9 Å². The van der Waals surface area contributed by atoms with Crippen LogP contribution in [0.15, 0.2) is 18.3 Å². The molecule has 1 N–H and O–H groups in total. The highest BCUT2D eigenvalue weighted by molar-refractivity contribution is 5.17. The number of nitrogens with one attached hydrogen (secondary N) is 1. The summed E-state index contributed by atoms with van der Waals surface area (Å²) in [5.74, 6) is 0.849. The average molecular weight is 190 g/mol. The van der Waals surface area contributed by atoms with Crippen LogP contribution in [-0.4, -0.2) is 11.0 Å². The molecule has 1 aliphatic rings. The van der Waals surface area contributed by atoms with Crippen LogP contribution in [0.4, 0.5) is 0 Å². The lowest BCUT2D eigenvalue weighted by Gasteiger charge is -2.13. The van der Waals surface area contributed by atoms with Crippen LogP contribution in [0.2, 0.25) is 0 Å². The van der Waals surface area contributed by atoms with Crippen LogP contribution >= 0.6 is 0 Å². The van der Waals surface area contributed by atoms with Crippen molar-refractivity contribution >= 4 is 0 Å². The number of aryl methyl sites for hydroxylation is 1. The van der Waals surface area contributed by atoms with E-state index in [1.165, 1.54) is 12.0 Å². The molecule has 1 saturated carbocycles. The summed E-state index contributed by atoms with van der Waals surface area (Å²) in [5.41, 5.74) is 2.44. The van der Waals surface area contributed by atoms with Crippen LogP contribution in [0, 0.1) is 12.8 Å². The normalized spacial score (nSPS) is 27.4. The maximum Gasteiger partial charge on any atom is 0.0573 e. The number of hydrogen-bond donors (Lipinski definition) is 1. The fourth-order valence-electron chi connectivity index (χ4n) is 1.76. The third-order valence-corrected chi connectivity index (χ3v) is 2.95. The van der Waals surface area contributed by atoms with E-state index in [4.69, 9.17) is 0 Å². The first-order chi connectivity index (χ1) is 6.66. The Labute approximate surface area is 85.7 Å². The summed E-state index contributed by atoms with van der Waals surface area (Å²) in [6.45, 7) is 6.58. The molecule has 0 spiro atoms. The molecule has 1 aromatic rings. The lowest BCUT2D eigenvalue weighted by atomic mass is 10.1. The van der Waals surface area contributed by atoms with E-state index in [9.17, 15) is 0 Å². The second kappa shape index (κ2) is 3.70. The summed E-state index contributed by atoms with van der Waals surface area (Å²) in [7, 11) is 0. The van der Waals surface area contributed by atoms with E-state index in [0.717, 1.165) is 11.6 Å². The molecule has 1 fully saturated rings. The van der Waals surface area contributed by atoms with Crippen molar-refractivity contribution in [3.63, 3.8) is 0 Å². The van der Waals surface area contributed by atoms with Gasteiger partial charge in [-0.3, -0.25) is 4.98 Å². The second-order valence-corrected chi connectivity index (χ2v) is 4.47. The smallest absolute Gasteiger partial charge is 0.0573 e. The Morgan fingerprint density at radius 3 is 2.86 bits per heavy atom. The van der Waals surface area contributed by atoms with Crippen molar-refractivity contribution in [2.45, 2.75) is 39.3 Å². The van der Waals surface area contributed by atoms with E-state index in [1.807, 2.05) is 12.3 Å². The zero-order chi connectivity index (χ0) is 10.1. The van der Waals surface area contributed by atoms with Gasteiger partial charge in [-0.25, -0.2) is 0 Å². The summed E-state index contributed by atoms with van der Waals surface area (Å²) in [4.78, 5) is 4.38. The van der Waals surface area contributed by atoms with Crippen molar-refractivity contribution in [1.29, 1.82) is 0 Å². The van der Waals surface area contributed by atoms with Crippen LogP contribution in [0.3, 0.4) is 0 Å². The Kier molecular flexibility index (Phi) is 2.55. The summed E-state index contributed by atoms with van der Waals surface area (Å²) >= 11 is 0. The molecule has 3 atom stereocenters. The standard InChI is InChI=1S/C12H18N2/c1-8-4-5-13-12(6-8)10(3)14-11-7-9(11)2/h4-6,9-11,14H,7H2,1-3H3. The van der Waals surface area contributed by atoms with E-state index in [0.29, 0.717) is 12.1 Å². The van der Waals surface area contributed by atoms with Crippen molar-refractivity contribution in [3.05, 3.63) is 29.6 Å². The molecule has 2 heteroatoms. The van der Waals surface area contributed by atoms with Gasteiger partial charge in [0.25, 0.3) is 0 Å². The summed E-state index contributed by atoms with van der Waals surface area (Å²) < 4.78 is 0. The molecule has 0 aliphatic heterocycles. The first-order valence-electron chi connectivity index (χ1n) is 5.35. The zero-order valence-corrected chi connectivity index (χ0v) is 9.12. The number of pyridine rings is 1. The molecule has 76 valence electrons. The Balaban J connectivity index is 2.00. The predicted octanol–water partition coefficient (Wildman–Crippen LogP) is 2.45. The SMILES string of the molecule is Cc1ccnc(C(C)NC2CC2C)c1. The molecule has 1 heterocycles. The van der Waals surface area contributed by atoms with Gasteiger partial charge in [0.15, 0.2) is 0 Å². The molecule has 1 aliphatic carbocycles. The minimum atomic E-state index is 0.379. The third kappa shape index (κ3) is 2.13. The van der Waals surface area contributed by atoms with E-state index >= 15 is 0 Å². The summed E-state index contributed by atoms with van der Waals surface area (Å²) in [6, 6.07) is 5.29. The van der Waals surface area contributed by atoms with Gasteiger partial charge in [0.05, 0.1) is 5.69 Å². The fourth-order valence-corrected chi connectivity index (χ4v) is 1.76. The molecule has 2 rings (SSSR count). The predicted molar refractivity (Wildman–Crippen MR) is 58.1 cm³/mol. The van der Waals surface area contributed by atoms with Crippen molar-refractivity contribution in [1.82, 2.24) is 10.3 Å². The Morgan fingerprint density at radius 1 is 1.57 bits per heavy atom. The molecular formula is C12H18N2. The Bertz CT molecular complexity index is 322. The first-order valence-corrected chi connectivity index (χ1v) is 5.35. The number of aromatic nitrogens is 1. The van der Waals surface area contributed by atoms with Gasteiger partial charge in [0.2, 0.25) is 0 Å². The van der Waals surface area contributed by atoms with Gasteiger partial charge in [-0.15, -0.1) is 0 Å². The highest BCUT2D eigenvalue weighted by Crippen LogP contribution is 2.31. The third-order valence-electron chi connectivity index (χ3n) is 2.95. The van der Waals surface area contributed by atoms with Gasteiger partial charge in [-0.1, -0.05) is 6.92 Å². The number of hydrogen-bond acceptors (Lipinski definition) is 2. The van der Waals surface area contributed by atoms with Gasteiger partial charge in [0.1, 0.15) is 0 Å². The maximum absolute atomic E-state index is 4.38. The van der Waals surface area contributed by atoms with Crippen LogP contribution in [0.25, 0.3) is 0 Å². The molecule has 0 amide bonds. The lowest BCUT2D eigenvalue weighted by Crippen LogP contribution is -2.22. The molecule has 0 radical (unpaired) electrons. The zero-order valence-electron chi connectivity index (χ0n) is 9.12. The molecule has 14 heavy (non-hydrogen) atoms. The Hall–Kier alpha value is -0.890. The van der Waals surface area contributed by atoms with Gasteiger partial charge in [-0.05, 0) is 43.9 Å². The van der Waals surface area contributed by atoms with Crippen molar-refractivity contribution in [2.75, 3.05) is 0 Å². The van der Waals surface area contributed by atoms with Gasteiger partial charge >= 0.3 is 0 Å². The van der Waals surface area contributed by atoms with Crippen LogP contribution in [0.5, 0.6) is 0 Å². The van der Waals surface area contributed by atoms with E-state index in [2.05, 4.69) is 37.1 Å². The van der Waals surface area contributed by atoms with E-state index < -0.39 is 0 Å². The lowest BCUT2D eigenvalue weighted by molar-refractivity contribution is 0.540. The summed E-state index contributed by atoms with van der Waals surface area (Å²) in [6.07, 6.45) is 3.20. The highest BCUT2D eigenvalue weighted by Gasteiger charge is 2.33. The van der Waals surface area contributed by atoms with E-state index in [1.54, 1.807) is 0 Å². The molecule has 0 aromatic carbocycles. The summed E-state index contributed by atoms with van der Waals surface area (Å²) in [5, 5.41) is 3.58. The van der Waals surface area contributed by atoms with Gasteiger partial charge in [-0.2, -0.15) is 0 Å². The first kappa shape index (κ1) is 9.66. The second-order valence-electron chi connectivity index (χ2n) is 4.47. The average Bonchev–Trinajstić information content (AvgIpc) is 2.81. The van der Waals surface area contributed by atoms with Crippen molar-refractivity contribution in [2.24, 2.45) is 5.92 Å².